The molecule has 2 aliphatic rings. The molecule has 5 aromatic rings. The van der Waals surface area contributed by atoms with Gasteiger partial charge in [0.25, 0.3) is 0 Å². The van der Waals surface area contributed by atoms with Gasteiger partial charge in [-0.15, -0.1) is 11.3 Å². The van der Waals surface area contributed by atoms with Crippen LogP contribution in [0.4, 0.5) is 16.4 Å². The van der Waals surface area contributed by atoms with Crippen LogP contribution in [0, 0.1) is 6.92 Å². The van der Waals surface area contributed by atoms with Crippen molar-refractivity contribution in [1.29, 1.82) is 0 Å². The van der Waals surface area contributed by atoms with Crippen LogP contribution >= 0.6 is 11.3 Å². The predicted octanol–water partition coefficient (Wildman–Crippen LogP) is 10.5. The predicted molar refractivity (Wildman–Crippen MR) is 205 cm³/mol. The van der Waals surface area contributed by atoms with Crippen molar-refractivity contribution in [3.8, 4) is 0 Å². The van der Waals surface area contributed by atoms with Gasteiger partial charge in [-0.05, 0) is 116 Å². The van der Waals surface area contributed by atoms with Crippen LogP contribution in [-0.4, -0.2) is 6.71 Å². The molecule has 46 heavy (non-hydrogen) atoms. The van der Waals surface area contributed by atoms with E-state index in [4.69, 9.17) is 0 Å². The molecule has 0 saturated carbocycles. The minimum atomic E-state index is 0.0792. The molecule has 7 rings (SSSR count). The van der Waals surface area contributed by atoms with Gasteiger partial charge in [0, 0.05) is 16.1 Å². The van der Waals surface area contributed by atoms with Gasteiger partial charge in [0.2, 0.25) is 6.71 Å². The largest absolute Gasteiger partial charge is 0.303 e. The van der Waals surface area contributed by atoms with Crippen LogP contribution in [-0.2, 0) is 21.7 Å². The zero-order valence-electron chi connectivity index (χ0n) is 29.9. The highest BCUT2D eigenvalue weighted by molar-refractivity contribution is 7.26. The van der Waals surface area contributed by atoms with Crippen LogP contribution < -0.4 is 21.3 Å². The number of anilines is 3. The van der Waals surface area contributed by atoms with E-state index in [0.29, 0.717) is 0 Å². The second-order valence-electron chi connectivity index (χ2n) is 17.5. The van der Waals surface area contributed by atoms with Crippen molar-refractivity contribution in [2.45, 2.75) is 111 Å². The highest BCUT2D eigenvalue weighted by Gasteiger charge is 2.42. The molecule has 0 unspecified atom stereocenters. The molecule has 236 valence electrons. The first kappa shape index (κ1) is 31.3. The Morgan fingerprint density at radius 3 is 1.96 bits per heavy atom. The molecule has 0 fully saturated rings. The molecule has 1 nitrogen and oxygen atoms in total. The van der Waals surface area contributed by atoms with E-state index < -0.39 is 0 Å². The average Bonchev–Trinajstić information content (AvgIpc) is 3.35. The number of benzene rings is 4. The van der Waals surface area contributed by atoms with Crippen molar-refractivity contribution >= 4 is 60.9 Å². The van der Waals surface area contributed by atoms with E-state index >= 15 is 0 Å². The Kier molecular flexibility index (Phi) is 7.05. The van der Waals surface area contributed by atoms with Gasteiger partial charge in [0.05, 0.1) is 5.00 Å². The molecule has 0 amide bonds. The lowest BCUT2D eigenvalue weighted by molar-refractivity contribution is 0.332. The first-order chi connectivity index (χ1) is 21.5. The number of aryl methyl sites for hydroxylation is 1. The fourth-order valence-corrected chi connectivity index (χ4v) is 9.16. The van der Waals surface area contributed by atoms with Crippen molar-refractivity contribution < 1.29 is 0 Å². The first-order valence-corrected chi connectivity index (χ1v) is 18.0. The summed E-state index contributed by atoms with van der Waals surface area (Å²) >= 11 is 1.99. The molecular weight excluding hydrogens is 573 g/mol. The van der Waals surface area contributed by atoms with Gasteiger partial charge in [0.15, 0.2) is 0 Å². The molecule has 2 heterocycles. The summed E-state index contributed by atoms with van der Waals surface area (Å²) in [6, 6.07) is 31.1. The van der Waals surface area contributed by atoms with Crippen LogP contribution in [0.1, 0.15) is 110 Å². The normalized spacial score (nSPS) is 17.1. The molecule has 0 radical (unpaired) electrons. The maximum atomic E-state index is 2.61. The van der Waals surface area contributed by atoms with Gasteiger partial charge in [0.1, 0.15) is 0 Å². The lowest BCUT2D eigenvalue weighted by Gasteiger charge is -2.42. The van der Waals surface area contributed by atoms with Crippen LogP contribution in [0.2, 0.25) is 0 Å². The van der Waals surface area contributed by atoms with Gasteiger partial charge in [-0.3, -0.25) is 0 Å². The van der Waals surface area contributed by atoms with Crippen molar-refractivity contribution in [2.24, 2.45) is 0 Å². The first-order valence-electron chi connectivity index (χ1n) is 17.2. The molecule has 1 aliphatic carbocycles. The number of nitrogens with zero attached hydrogens (tertiary/aromatic N) is 1. The van der Waals surface area contributed by atoms with Gasteiger partial charge < -0.3 is 4.90 Å². The maximum Gasteiger partial charge on any atom is 0.248 e. The molecule has 1 aromatic heterocycles. The minimum Gasteiger partial charge on any atom is -0.303 e. The van der Waals surface area contributed by atoms with Crippen molar-refractivity contribution in [3.63, 3.8) is 0 Å². The van der Waals surface area contributed by atoms with Crippen LogP contribution in [0.5, 0.6) is 0 Å². The number of rotatable bonds is 2. The van der Waals surface area contributed by atoms with E-state index in [0.717, 1.165) is 0 Å². The van der Waals surface area contributed by atoms with Crippen LogP contribution in [0.3, 0.4) is 0 Å². The SMILES string of the molecule is Cc1ccc2c(c1)N(c1ccc(C(C)(C)C)cc1)c1sc3cc4c(cc3c1B2c1cccc(C(C)(C)C)c1)C(C)(C)CCC4(C)C. The second kappa shape index (κ2) is 10.4. The van der Waals surface area contributed by atoms with Crippen LogP contribution in [0.25, 0.3) is 10.1 Å². The fourth-order valence-electron chi connectivity index (χ4n) is 7.86. The van der Waals surface area contributed by atoms with Gasteiger partial charge in [-0.25, -0.2) is 0 Å². The summed E-state index contributed by atoms with van der Waals surface area (Å²) in [6.07, 6.45) is 2.44. The number of thiophene rings is 1. The second-order valence-corrected chi connectivity index (χ2v) is 18.5. The number of fused-ring (bicyclic) bond motifs is 5. The highest BCUT2D eigenvalue weighted by atomic mass is 32.1. The Morgan fingerprint density at radius 1 is 0.696 bits per heavy atom. The summed E-state index contributed by atoms with van der Waals surface area (Å²) in [5.41, 5.74) is 14.4. The molecule has 4 aromatic carbocycles. The standard InChI is InChI=1S/C43H50BNS/c1-27-15-20-35-36(23-27)45(31-18-16-28(17-19-31)40(2,3)4)39-38(44(35)30-14-12-13-29(24-30)41(5,6)7)32-25-33-34(26-37(32)46-39)43(10,11)22-21-42(33,8)9/h12-20,23-26H,21-22H2,1-11H3. The smallest absolute Gasteiger partial charge is 0.248 e. The lowest BCUT2D eigenvalue weighted by atomic mass is 9.35. The Balaban J connectivity index is 1.57. The van der Waals surface area contributed by atoms with Crippen molar-refractivity contribution in [2.75, 3.05) is 4.90 Å². The Hall–Kier alpha value is -3.30. The van der Waals surface area contributed by atoms with E-state index in [-0.39, 0.29) is 28.4 Å². The van der Waals surface area contributed by atoms with E-state index in [9.17, 15) is 0 Å². The third-order valence-electron chi connectivity index (χ3n) is 11.0. The zero-order chi connectivity index (χ0) is 33.0. The topological polar surface area (TPSA) is 3.24 Å². The summed E-state index contributed by atoms with van der Waals surface area (Å²) in [6.45, 7) is 26.1. The molecule has 0 saturated heterocycles. The fraction of sp³-hybridized carbons (Fsp3) is 0.395. The quantitative estimate of drug-likeness (QED) is 0.174. The molecule has 0 N–H and O–H groups in total. The minimum absolute atomic E-state index is 0.0792. The van der Waals surface area contributed by atoms with E-state index in [1.165, 1.54) is 83.5 Å². The monoisotopic (exact) mass is 623 g/mol. The van der Waals surface area contributed by atoms with Gasteiger partial charge in [-0.2, -0.15) is 0 Å². The van der Waals surface area contributed by atoms with Gasteiger partial charge in [-0.1, -0.05) is 123 Å². The summed E-state index contributed by atoms with van der Waals surface area (Å²) in [5.74, 6) is 0. The molecule has 0 atom stereocenters. The third kappa shape index (κ3) is 5.05. The lowest BCUT2D eigenvalue weighted by Crippen LogP contribution is -2.57. The van der Waals surface area contributed by atoms with E-state index in [2.05, 4.69) is 160 Å². The molecule has 0 bridgehead atoms. The maximum absolute atomic E-state index is 2.61. The van der Waals surface area contributed by atoms with Crippen molar-refractivity contribution in [3.05, 3.63) is 107 Å². The summed E-state index contributed by atoms with van der Waals surface area (Å²) in [4.78, 5) is 2.58. The van der Waals surface area contributed by atoms with Gasteiger partial charge >= 0.3 is 0 Å². The van der Waals surface area contributed by atoms with E-state index in [1.807, 2.05) is 11.3 Å². The Labute approximate surface area is 282 Å². The zero-order valence-corrected chi connectivity index (χ0v) is 30.7. The summed E-state index contributed by atoms with van der Waals surface area (Å²) < 4.78 is 1.41. The number of hydrogen-bond donors (Lipinski definition) is 0. The Morgan fingerprint density at radius 2 is 1.33 bits per heavy atom. The van der Waals surface area contributed by atoms with Crippen molar-refractivity contribution in [1.82, 2.24) is 0 Å². The Bertz CT molecular complexity index is 1980. The third-order valence-corrected chi connectivity index (χ3v) is 12.1. The van der Waals surface area contributed by atoms with E-state index in [1.54, 1.807) is 0 Å². The van der Waals surface area contributed by atoms with Crippen LogP contribution in [0.15, 0.2) is 78.9 Å². The summed E-state index contributed by atoms with van der Waals surface area (Å²) in [7, 11) is 0. The number of hydrogen-bond acceptors (Lipinski definition) is 2. The molecule has 1 aliphatic heterocycles. The summed E-state index contributed by atoms with van der Waals surface area (Å²) in [5, 5.41) is 2.79. The highest BCUT2D eigenvalue weighted by Crippen LogP contribution is 2.50. The molecular formula is C43H50BNS. The molecule has 0 spiro atoms. The molecule has 3 heteroatoms. The average molecular weight is 624 g/mol.